The molecule has 3 N–H and O–H groups in total. The summed E-state index contributed by atoms with van der Waals surface area (Å²) in [6, 6.07) is 3.72. The van der Waals surface area contributed by atoms with Gasteiger partial charge in [0.2, 0.25) is 5.91 Å². The SMILES string of the molecule is Cc1cccnc1NC(=O)Cn1nc(C)c(N)c1C. The van der Waals surface area contributed by atoms with Crippen LogP contribution in [0.3, 0.4) is 0 Å². The number of anilines is 2. The molecule has 0 radical (unpaired) electrons. The first-order valence-electron chi connectivity index (χ1n) is 6.00. The van der Waals surface area contributed by atoms with Crippen LogP contribution < -0.4 is 11.1 Å². The van der Waals surface area contributed by atoms with Crippen LogP contribution in [0.15, 0.2) is 18.3 Å². The molecule has 0 saturated heterocycles. The number of nitrogens with zero attached hydrogens (tertiary/aromatic N) is 3. The molecule has 6 nitrogen and oxygen atoms in total. The summed E-state index contributed by atoms with van der Waals surface area (Å²) in [5.41, 5.74) is 8.91. The minimum Gasteiger partial charge on any atom is -0.396 e. The van der Waals surface area contributed by atoms with Gasteiger partial charge in [-0.1, -0.05) is 6.07 Å². The number of pyridine rings is 1. The lowest BCUT2D eigenvalue weighted by molar-refractivity contribution is -0.117. The standard InChI is InChI=1S/C13H17N5O/c1-8-5-4-6-15-13(8)16-11(19)7-18-10(3)12(14)9(2)17-18/h4-6H,7,14H2,1-3H3,(H,15,16,19). The van der Waals surface area contributed by atoms with Gasteiger partial charge >= 0.3 is 0 Å². The molecule has 2 rings (SSSR count). The van der Waals surface area contributed by atoms with Crippen LogP contribution in [0.4, 0.5) is 11.5 Å². The van der Waals surface area contributed by atoms with Crippen molar-refractivity contribution in [3.63, 3.8) is 0 Å². The molecule has 0 unspecified atom stereocenters. The molecule has 100 valence electrons. The van der Waals surface area contributed by atoms with Gasteiger partial charge in [0.25, 0.3) is 0 Å². The van der Waals surface area contributed by atoms with Gasteiger partial charge < -0.3 is 11.1 Å². The second-order valence-electron chi connectivity index (χ2n) is 4.46. The third kappa shape index (κ3) is 2.73. The monoisotopic (exact) mass is 259 g/mol. The fraction of sp³-hybridized carbons (Fsp3) is 0.308. The Kier molecular flexibility index (Phi) is 3.50. The Bertz CT molecular complexity index is 617. The van der Waals surface area contributed by atoms with Gasteiger partial charge in [-0.15, -0.1) is 0 Å². The van der Waals surface area contributed by atoms with E-state index in [2.05, 4.69) is 15.4 Å². The van der Waals surface area contributed by atoms with Gasteiger partial charge in [-0.05, 0) is 32.4 Å². The Balaban J connectivity index is 2.10. The number of hydrogen-bond acceptors (Lipinski definition) is 4. The quantitative estimate of drug-likeness (QED) is 0.873. The van der Waals surface area contributed by atoms with Crippen LogP contribution in [0.2, 0.25) is 0 Å². The van der Waals surface area contributed by atoms with Crippen molar-refractivity contribution >= 4 is 17.4 Å². The number of aryl methyl sites for hydroxylation is 2. The summed E-state index contributed by atoms with van der Waals surface area (Å²) in [6.45, 7) is 5.68. The molecule has 2 aromatic rings. The molecule has 0 aromatic carbocycles. The number of carbonyl (C=O) groups excluding carboxylic acids is 1. The van der Waals surface area contributed by atoms with E-state index in [9.17, 15) is 4.79 Å². The van der Waals surface area contributed by atoms with Crippen molar-refractivity contribution in [3.8, 4) is 0 Å². The lowest BCUT2D eigenvalue weighted by atomic mass is 10.3. The third-order valence-electron chi connectivity index (χ3n) is 3.00. The second-order valence-corrected chi connectivity index (χ2v) is 4.46. The fourth-order valence-corrected chi connectivity index (χ4v) is 1.79. The second kappa shape index (κ2) is 5.09. The van der Waals surface area contributed by atoms with E-state index in [1.54, 1.807) is 10.9 Å². The lowest BCUT2D eigenvalue weighted by Gasteiger charge is -2.08. The molecule has 0 aliphatic rings. The third-order valence-corrected chi connectivity index (χ3v) is 3.00. The van der Waals surface area contributed by atoms with Crippen molar-refractivity contribution in [3.05, 3.63) is 35.3 Å². The first-order chi connectivity index (χ1) is 8.99. The number of rotatable bonds is 3. The molecule has 0 aliphatic carbocycles. The van der Waals surface area contributed by atoms with Crippen molar-refractivity contribution in [2.75, 3.05) is 11.1 Å². The number of nitrogens with two attached hydrogens (primary N) is 1. The number of amides is 1. The summed E-state index contributed by atoms with van der Waals surface area (Å²) < 4.78 is 1.60. The molecule has 0 aliphatic heterocycles. The maximum atomic E-state index is 12.0. The van der Waals surface area contributed by atoms with Crippen LogP contribution in [-0.2, 0) is 11.3 Å². The summed E-state index contributed by atoms with van der Waals surface area (Å²) in [5.74, 6) is 0.398. The molecule has 2 aromatic heterocycles. The molecular formula is C13H17N5O. The zero-order chi connectivity index (χ0) is 14.0. The number of nitrogen functional groups attached to an aromatic ring is 1. The first kappa shape index (κ1) is 13.1. The average Bonchev–Trinajstić information content (AvgIpc) is 2.60. The molecule has 0 atom stereocenters. The maximum absolute atomic E-state index is 12.0. The van der Waals surface area contributed by atoms with Crippen molar-refractivity contribution in [2.24, 2.45) is 0 Å². The van der Waals surface area contributed by atoms with Crippen LogP contribution in [-0.4, -0.2) is 20.7 Å². The average molecular weight is 259 g/mol. The Morgan fingerprint density at radius 3 is 2.74 bits per heavy atom. The van der Waals surface area contributed by atoms with Crippen LogP contribution in [0.5, 0.6) is 0 Å². The van der Waals surface area contributed by atoms with E-state index in [-0.39, 0.29) is 12.5 Å². The number of nitrogens with one attached hydrogen (secondary N) is 1. The van der Waals surface area contributed by atoms with Crippen molar-refractivity contribution in [2.45, 2.75) is 27.3 Å². The van der Waals surface area contributed by atoms with Gasteiger partial charge in [-0.25, -0.2) is 4.98 Å². The lowest BCUT2D eigenvalue weighted by Crippen LogP contribution is -2.21. The van der Waals surface area contributed by atoms with E-state index in [4.69, 9.17) is 5.73 Å². The van der Waals surface area contributed by atoms with E-state index in [1.807, 2.05) is 32.9 Å². The van der Waals surface area contributed by atoms with E-state index >= 15 is 0 Å². The van der Waals surface area contributed by atoms with Crippen LogP contribution >= 0.6 is 0 Å². The van der Waals surface area contributed by atoms with E-state index in [1.165, 1.54) is 0 Å². The smallest absolute Gasteiger partial charge is 0.247 e. The van der Waals surface area contributed by atoms with Gasteiger partial charge in [0.05, 0.1) is 17.1 Å². The highest BCUT2D eigenvalue weighted by atomic mass is 16.2. The van der Waals surface area contributed by atoms with Crippen LogP contribution in [0.1, 0.15) is 17.0 Å². The maximum Gasteiger partial charge on any atom is 0.247 e. The minimum atomic E-state index is -0.174. The van der Waals surface area contributed by atoms with E-state index in [0.717, 1.165) is 17.0 Å². The molecule has 0 spiro atoms. The van der Waals surface area contributed by atoms with E-state index in [0.29, 0.717) is 11.5 Å². The van der Waals surface area contributed by atoms with Gasteiger partial charge in [-0.3, -0.25) is 9.48 Å². The molecule has 6 heteroatoms. The van der Waals surface area contributed by atoms with Gasteiger partial charge in [-0.2, -0.15) is 5.10 Å². The summed E-state index contributed by atoms with van der Waals surface area (Å²) in [4.78, 5) is 16.1. The number of carbonyl (C=O) groups is 1. The fourth-order valence-electron chi connectivity index (χ4n) is 1.79. The van der Waals surface area contributed by atoms with Crippen molar-refractivity contribution < 1.29 is 4.79 Å². The number of hydrogen-bond donors (Lipinski definition) is 2. The largest absolute Gasteiger partial charge is 0.396 e. The molecule has 0 saturated carbocycles. The zero-order valence-electron chi connectivity index (χ0n) is 11.3. The van der Waals surface area contributed by atoms with Crippen LogP contribution in [0.25, 0.3) is 0 Å². The molecule has 19 heavy (non-hydrogen) atoms. The molecule has 2 heterocycles. The summed E-state index contributed by atoms with van der Waals surface area (Å²) >= 11 is 0. The number of aromatic nitrogens is 3. The van der Waals surface area contributed by atoms with E-state index < -0.39 is 0 Å². The Morgan fingerprint density at radius 1 is 1.42 bits per heavy atom. The predicted molar refractivity (Wildman–Crippen MR) is 73.7 cm³/mol. The van der Waals surface area contributed by atoms with Gasteiger partial charge in [0.15, 0.2) is 0 Å². The molecule has 1 amide bonds. The van der Waals surface area contributed by atoms with Crippen LogP contribution in [0, 0.1) is 20.8 Å². The summed E-state index contributed by atoms with van der Waals surface area (Å²) in [6.07, 6.45) is 1.64. The van der Waals surface area contributed by atoms with Crippen molar-refractivity contribution in [1.82, 2.24) is 14.8 Å². The Morgan fingerprint density at radius 2 is 2.16 bits per heavy atom. The highest BCUT2D eigenvalue weighted by Gasteiger charge is 2.12. The Hall–Kier alpha value is -2.37. The van der Waals surface area contributed by atoms with Crippen molar-refractivity contribution in [1.29, 1.82) is 0 Å². The molecule has 0 fully saturated rings. The first-order valence-corrected chi connectivity index (χ1v) is 6.00. The summed E-state index contributed by atoms with van der Waals surface area (Å²) in [5, 5.41) is 6.99. The topological polar surface area (TPSA) is 85.8 Å². The van der Waals surface area contributed by atoms with Gasteiger partial charge in [0.1, 0.15) is 12.4 Å². The minimum absolute atomic E-state index is 0.125. The molecular weight excluding hydrogens is 242 g/mol. The molecule has 0 bridgehead atoms. The normalized spacial score (nSPS) is 10.5. The highest BCUT2D eigenvalue weighted by Crippen LogP contribution is 2.15. The zero-order valence-corrected chi connectivity index (χ0v) is 11.3. The highest BCUT2D eigenvalue weighted by molar-refractivity contribution is 5.90. The Labute approximate surface area is 111 Å². The summed E-state index contributed by atoms with van der Waals surface area (Å²) in [7, 11) is 0. The predicted octanol–water partition coefficient (Wildman–Crippen LogP) is 1.42. The van der Waals surface area contributed by atoms with Gasteiger partial charge in [0, 0.05) is 6.20 Å².